The average molecular weight is 266 g/mol. The first-order valence-corrected chi connectivity index (χ1v) is 6.61. The number of rotatable bonds is 6. The molecule has 0 aliphatic heterocycles. The molecule has 0 aliphatic carbocycles. The molecular formula is C15H23FN2O. The first-order chi connectivity index (χ1) is 8.85. The van der Waals surface area contributed by atoms with Gasteiger partial charge in [-0.3, -0.25) is 4.79 Å². The van der Waals surface area contributed by atoms with E-state index in [1.807, 2.05) is 0 Å². The van der Waals surface area contributed by atoms with Crippen LogP contribution in [0.15, 0.2) is 18.2 Å². The molecule has 0 radical (unpaired) electrons. The van der Waals surface area contributed by atoms with Crippen LogP contribution in [0.5, 0.6) is 0 Å². The van der Waals surface area contributed by atoms with Gasteiger partial charge < -0.3 is 11.1 Å². The van der Waals surface area contributed by atoms with Crippen LogP contribution in [0.2, 0.25) is 0 Å². The quantitative estimate of drug-likeness (QED) is 0.830. The van der Waals surface area contributed by atoms with Crippen molar-refractivity contribution in [2.45, 2.75) is 40.0 Å². The SMILES string of the molecule is Cc1cccc(F)c1NC(=O)CCC(C)(C)CCN. The van der Waals surface area contributed by atoms with Crippen LogP contribution in [-0.4, -0.2) is 12.5 Å². The zero-order valence-electron chi connectivity index (χ0n) is 11.9. The summed E-state index contributed by atoms with van der Waals surface area (Å²) in [6, 6.07) is 4.75. The highest BCUT2D eigenvalue weighted by Crippen LogP contribution is 2.26. The largest absolute Gasteiger partial charge is 0.330 e. The van der Waals surface area contributed by atoms with E-state index in [1.54, 1.807) is 19.1 Å². The Bertz CT molecular complexity index is 424. The number of aryl methyl sites for hydroxylation is 1. The van der Waals surface area contributed by atoms with E-state index in [0.29, 0.717) is 13.0 Å². The van der Waals surface area contributed by atoms with E-state index in [2.05, 4.69) is 19.2 Å². The number of carbonyl (C=O) groups excluding carboxylic acids is 1. The highest BCUT2D eigenvalue weighted by atomic mass is 19.1. The first kappa shape index (κ1) is 15.6. The predicted octanol–water partition coefficient (Wildman–Crippen LogP) is 3.23. The Morgan fingerprint density at radius 2 is 2.05 bits per heavy atom. The van der Waals surface area contributed by atoms with Gasteiger partial charge in [-0.05, 0) is 43.4 Å². The molecule has 3 N–H and O–H groups in total. The van der Waals surface area contributed by atoms with E-state index in [1.165, 1.54) is 6.07 Å². The summed E-state index contributed by atoms with van der Waals surface area (Å²) in [5.41, 5.74) is 6.58. The van der Waals surface area contributed by atoms with Gasteiger partial charge in [-0.25, -0.2) is 4.39 Å². The molecule has 0 atom stereocenters. The zero-order chi connectivity index (χ0) is 14.5. The maximum absolute atomic E-state index is 13.6. The Morgan fingerprint density at radius 3 is 2.63 bits per heavy atom. The van der Waals surface area contributed by atoms with Gasteiger partial charge in [-0.1, -0.05) is 26.0 Å². The van der Waals surface area contributed by atoms with Gasteiger partial charge in [0.05, 0.1) is 5.69 Å². The number of nitrogens with one attached hydrogen (secondary N) is 1. The molecule has 0 unspecified atom stereocenters. The van der Waals surface area contributed by atoms with E-state index < -0.39 is 5.82 Å². The molecule has 19 heavy (non-hydrogen) atoms. The van der Waals surface area contributed by atoms with Gasteiger partial charge in [0, 0.05) is 6.42 Å². The minimum Gasteiger partial charge on any atom is -0.330 e. The van der Waals surface area contributed by atoms with Crippen LogP contribution in [-0.2, 0) is 4.79 Å². The van der Waals surface area contributed by atoms with Gasteiger partial charge in [0.1, 0.15) is 5.82 Å². The van der Waals surface area contributed by atoms with E-state index in [0.717, 1.165) is 18.4 Å². The average Bonchev–Trinajstić information content (AvgIpc) is 2.32. The maximum Gasteiger partial charge on any atom is 0.224 e. The molecule has 0 saturated heterocycles. The lowest BCUT2D eigenvalue weighted by molar-refractivity contribution is -0.116. The summed E-state index contributed by atoms with van der Waals surface area (Å²) >= 11 is 0. The Morgan fingerprint density at radius 1 is 1.37 bits per heavy atom. The van der Waals surface area contributed by atoms with Crippen molar-refractivity contribution in [3.8, 4) is 0 Å². The number of para-hydroxylation sites is 1. The van der Waals surface area contributed by atoms with Crippen LogP contribution >= 0.6 is 0 Å². The lowest BCUT2D eigenvalue weighted by Gasteiger charge is -2.23. The smallest absolute Gasteiger partial charge is 0.224 e. The lowest BCUT2D eigenvalue weighted by atomic mass is 9.84. The molecular weight excluding hydrogens is 243 g/mol. The van der Waals surface area contributed by atoms with Gasteiger partial charge in [-0.15, -0.1) is 0 Å². The van der Waals surface area contributed by atoms with E-state index in [9.17, 15) is 9.18 Å². The van der Waals surface area contributed by atoms with Crippen molar-refractivity contribution in [3.63, 3.8) is 0 Å². The van der Waals surface area contributed by atoms with E-state index in [-0.39, 0.29) is 17.0 Å². The third-order valence-electron chi connectivity index (χ3n) is 3.34. The number of anilines is 1. The Balaban J connectivity index is 2.57. The fourth-order valence-electron chi connectivity index (χ4n) is 1.96. The maximum atomic E-state index is 13.6. The van der Waals surface area contributed by atoms with Crippen LogP contribution in [0, 0.1) is 18.2 Å². The second-order valence-corrected chi connectivity index (χ2v) is 5.68. The number of halogens is 1. The van der Waals surface area contributed by atoms with Crippen molar-refractivity contribution in [3.05, 3.63) is 29.6 Å². The van der Waals surface area contributed by atoms with Gasteiger partial charge in [0.25, 0.3) is 0 Å². The molecule has 0 saturated carbocycles. The monoisotopic (exact) mass is 266 g/mol. The molecule has 1 aromatic rings. The number of hydrogen-bond donors (Lipinski definition) is 2. The van der Waals surface area contributed by atoms with E-state index in [4.69, 9.17) is 5.73 Å². The van der Waals surface area contributed by atoms with Crippen molar-refractivity contribution >= 4 is 11.6 Å². The van der Waals surface area contributed by atoms with Crippen molar-refractivity contribution in [2.75, 3.05) is 11.9 Å². The van der Waals surface area contributed by atoms with E-state index >= 15 is 0 Å². The predicted molar refractivity (Wildman–Crippen MR) is 76.5 cm³/mol. The fraction of sp³-hybridized carbons (Fsp3) is 0.533. The Kier molecular flexibility index (Phi) is 5.48. The molecule has 1 aromatic carbocycles. The second kappa shape index (κ2) is 6.66. The highest BCUT2D eigenvalue weighted by Gasteiger charge is 2.19. The minimum atomic E-state index is -0.394. The van der Waals surface area contributed by atoms with Crippen molar-refractivity contribution in [1.82, 2.24) is 0 Å². The summed E-state index contributed by atoms with van der Waals surface area (Å²) in [7, 11) is 0. The number of nitrogens with two attached hydrogens (primary N) is 1. The Labute approximate surface area is 114 Å². The van der Waals surface area contributed by atoms with Gasteiger partial charge in [0.2, 0.25) is 5.91 Å². The molecule has 4 heteroatoms. The van der Waals surface area contributed by atoms with Gasteiger partial charge in [0.15, 0.2) is 0 Å². The molecule has 0 heterocycles. The molecule has 0 spiro atoms. The summed E-state index contributed by atoms with van der Waals surface area (Å²) in [4.78, 5) is 11.9. The fourth-order valence-corrected chi connectivity index (χ4v) is 1.96. The van der Waals surface area contributed by atoms with Crippen molar-refractivity contribution < 1.29 is 9.18 Å². The third-order valence-corrected chi connectivity index (χ3v) is 3.34. The number of hydrogen-bond acceptors (Lipinski definition) is 2. The van der Waals surface area contributed by atoms with Crippen molar-refractivity contribution in [2.24, 2.45) is 11.1 Å². The van der Waals surface area contributed by atoms with Gasteiger partial charge in [-0.2, -0.15) is 0 Å². The molecule has 3 nitrogen and oxygen atoms in total. The number of carbonyl (C=O) groups is 1. The molecule has 0 aromatic heterocycles. The number of amides is 1. The third kappa shape index (κ3) is 4.99. The first-order valence-electron chi connectivity index (χ1n) is 6.61. The number of benzene rings is 1. The minimum absolute atomic E-state index is 0.0381. The summed E-state index contributed by atoms with van der Waals surface area (Å²) < 4.78 is 13.6. The Hall–Kier alpha value is -1.42. The summed E-state index contributed by atoms with van der Waals surface area (Å²) in [5.74, 6) is -0.548. The standard InChI is InChI=1S/C15H23FN2O/c1-11-5-4-6-12(16)14(11)18-13(19)7-8-15(2,3)9-10-17/h4-6H,7-10,17H2,1-3H3,(H,18,19). The molecule has 0 fully saturated rings. The summed E-state index contributed by atoms with van der Waals surface area (Å²) in [6.45, 7) is 6.56. The highest BCUT2D eigenvalue weighted by molar-refractivity contribution is 5.91. The van der Waals surface area contributed by atoms with Crippen molar-refractivity contribution in [1.29, 1.82) is 0 Å². The zero-order valence-corrected chi connectivity index (χ0v) is 11.9. The van der Waals surface area contributed by atoms with Crippen LogP contribution in [0.3, 0.4) is 0 Å². The summed E-state index contributed by atoms with van der Waals surface area (Å²) in [6.07, 6.45) is 1.99. The lowest BCUT2D eigenvalue weighted by Crippen LogP contribution is -2.21. The van der Waals surface area contributed by atoms with Crippen LogP contribution in [0.4, 0.5) is 10.1 Å². The molecule has 0 aliphatic rings. The molecule has 106 valence electrons. The topological polar surface area (TPSA) is 55.1 Å². The molecule has 1 amide bonds. The molecule has 0 bridgehead atoms. The summed E-state index contributed by atoms with van der Waals surface area (Å²) in [5, 5.41) is 2.65. The molecule has 1 rings (SSSR count). The normalized spacial score (nSPS) is 11.4. The van der Waals surface area contributed by atoms with Crippen LogP contribution < -0.4 is 11.1 Å². The second-order valence-electron chi connectivity index (χ2n) is 5.68. The van der Waals surface area contributed by atoms with Crippen LogP contribution in [0.25, 0.3) is 0 Å². The van der Waals surface area contributed by atoms with Crippen LogP contribution in [0.1, 0.15) is 38.7 Å². The van der Waals surface area contributed by atoms with Gasteiger partial charge >= 0.3 is 0 Å².